The Morgan fingerprint density at radius 1 is 1.10 bits per heavy atom. The highest BCUT2D eigenvalue weighted by Crippen LogP contribution is 2.41. The van der Waals surface area contributed by atoms with E-state index in [2.05, 4.69) is 57.5 Å². The van der Waals surface area contributed by atoms with Gasteiger partial charge in [0.15, 0.2) is 5.76 Å². The van der Waals surface area contributed by atoms with Crippen molar-refractivity contribution >= 4 is 44.0 Å². The molecule has 0 spiro atoms. The van der Waals surface area contributed by atoms with Gasteiger partial charge in [0.1, 0.15) is 10.8 Å². The highest BCUT2D eigenvalue weighted by atomic mass is 79.9. The number of aryl methyl sites for hydroxylation is 1. The zero-order valence-corrected chi connectivity index (χ0v) is 18.9. The second kappa shape index (κ2) is 8.85. The Bertz CT molecular complexity index is 1140. The van der Waals surface area contributed by atoms with E-state index in [9.17, 15) is 4.79 Å². The Kier molecular flexibility index (Phi) is 6.01. The lowest BCUT2D eigenvalue weighted by Crippen LogP contribution is -2.17. The van der Waals surface area contributed by atoms with Crippen molar-refractivity contribution in [3.8, 4) is 0 Å². The van der Waals surface area contributed by atoms with E-state index >= 15 is 0 Å². The molecular weight excluding hydrogens is 462 g/mol. The molecule has 0 aliphatic carbocycles. The molecule has 2 N–H and O–H groups in total. The van der Waals surface area contributed by atoms with Crippen LogP contribution in [-0.2, 0) is 0 Å². The number of furan rings is 1. The van der Waals surface area contributed by atoms with Crippen molar-refractivity contribution in [2.75, 3.05) is 10.6 Å². The number of hydrogen-bond donors (Lipinski definition) is 2. The molecule has 3 heterocycles. The normalized spacial score (nSPS) is 11.8. The summed E-state index contributed by atoms with van der Waals surface area (Å²) >= 11 is 5.07. The topological polar surface area (TPSA) is 67.2 Å². The van der Waals surface area contributed by atoms with Crippen LogP contribution in [0.4, 0.5) is 10.8 Å². The number of benzene rings is 1. The molecule has 1 amide bonds. The van der Waals surface area contributed by atoms with Gasteiger partial charge in [-0.3, -0.25) is 4.79 Å². The smallest absolute Gasteiger partial charge is 0.291 e. The fourth-order valence-corrected chi connectivity index (χ4v) is 4.59. The summed E-state index contributed by atoms with van der Waals surface area (Å²) in [5.41, 5.74) is 3.22. The quantitative estimate of drug-likeness (QED) is 0.326. The van der Waals surface area contributed by atoms with E-state index in [1.54, 1.807) is 29.7 Å². The number of aromatic nitrogens is 1. The number of carbonyl (C=O) groups is 1. The monoisotopic (exact) mass is 481 g/mol. The standard InChI is InChI=1S/C23H20BrN3O2S/c1-14-15(2)30-23(27-22(28)18-6-5-13-29-18)20(14)21(16-8-10-17(24)11-9-16)26-19-7-3-4-12-25-19/h3-13,21H,1-2H3,(H,25,26)(H,27,28)/t21-/m0/s1. The Morgan fingerprint density at radius 3 is 2.57 bits per heavy atom. The third kappa shape index (κ3) is 4.32. The first-order chi connectivity index (χ1) is 14.5. The third-order valence-electron chi connectivity index (χ3n) is 4.85. The molecule has 4 aromatic rings. The number of thiophene rings is 1. The lowest BCUT2D eigenvalue weighted by atomic mass is 9.96. The van der Waals surface area contributed by atoms with Gasteiger partial charge in [0.2, 0.25) is 0 Å². The molecule has 1 aromatic carbocycles. The first-order valence-corrected chi connectivity index (χ1v) is 11.0. The summed E-state index contributed by atoms with van der Waals surface area (Å²) in [6.45, 7) is 4.14. The lowest BCUT2D eigenvalue weighted by molar-refractivity contribution is 0.0997. The highest BCUT2D eigenvalue weighted by Gasteiger charge is 2.25. The Balaban J connectivity index is 1.77. The predicted molar refractivity (Wildman–Crippen MR) is 124 cm³/mol. The second-order valence-electron chi connectivity index (χ2n) is 6.80. The molecule has 30 heavy (non-hydrogen) atoms. The van der Waals surface area contributed by atoms with Gasteiger partial charge in [-0.05, 0) is 61.4 Å². The summed E-state index contributed by atoms with van der Waals surface area (Å²) in [6.07, 6.45) is 3.25. The molecule has 0 aliphatic heterocycles. The number of amides is 1. The maximum absolute atomic E-state index is 12.7. The lowest BCUT2D eigenvalue weighted by Gasteiger charge is -2.22. The maximum atomic E-state index is 12.7. The van der Waals surface area contributed by atoms with Crippen LogP contribution in [0.3, 0.4) is 0 Å². The van der Waals surface area contributed by atoms with Crippen LogP contribution in [-0.4, -0.2) is 10.9 Å². The number of rotatable bonds is 6. The fraction of sp³-hybridized carbons (Fsp3) is 0.130. The number of nitrogens with zero attached hydrogens (tertiary/aromatic N) is 1. The molecule has 0 radical (unpaired) electrons. The maximum Gasteiger partial charge on any atom is 0.291 e. The van der Waals surface area contributed by atoms with Crippen LogP contribution in [0.1, 0.15) is 38.2 Å². The van der Waals surface area contributed by atoms with Crippen molar-refractivity contribution in [3.63, 3.8) is 0 Å². The van der Waals surface area contributed by atoms with E-state index in [4.69, 9.17) is 4.42 Å². The number of anilines is 2. The minimum Gasteiger partial charge on any atom is -0.459 e. The SMILES string of the molecule is Cc1sc(NC(=O)c2ccco2)c([C@@H](Nc2ccccn2)c2ccc(Br)cc2)c1C. The molecule has 0 saturated carbocycles. The molecular formula is C23H20BrN3O2S. The molecule has 0 saturated heterocycles. The average molecular weight is 482 g/mol. The van der Waals surface area contributed by atoms with Crippen LogP contribution in [0.25, 0.3) is 0 Å². The van der Waals surface area contributed by atoms with Crippen molar-refractivity contribution in [3.05, 3.63) is 98.9 Å². The summed E-state index contributed by atoms with van der Waals surface area (Å²) in [7, 11) is 0. The van der Waals surface area contributed by atoms with Crippen molar-refractivity contribution in [1.29, 1.82) is 0 Å². The summed E-state index contributed by atoms with van der Waals surface area (Å²) < 4.78 is 6.27. The molecule has 152 valence electrons. The van der Waals surface area contributed by atoms with Gasteiger partial charge >= 0.3 is 0 Å². The van der Waals surface area contributed by atoms with Gasteiger partial charge < -0.3 is 15.1 Å². The minimum atomic E-state index is -0.269. The molecule has 0 fully saturated rings. The summed E-state index contributed by atoms with van der Waals surface area (Å²) in [6, 6.07) is 17.1. The Hall–Kier alpha value is -2.90. The van der Waals surface area contributed by atoms with E-state index in [0.717, 1.165) is 36.9 Å². The molecule has 0 aliphatic rings. The van der Waals surface area contributed by atoms with Gasteiger partial charge in [0, 0.05) is 21.1 Å². The molecule has 5 nitrogen and oxygen atoms in total. The van der Waals surface area contributed by atoms with Crippen LogP contribution in [0, 0.1) is 13.8 Å². The van der Waals surface area contributed by atoms with Gasteiger partial charge in [-0.1, -0.05) is 34.1 Å². The highest BCUT2D eigenvalue weighted by molar-refractivity contribution is 9.10. The molecule has 0 unspecified atom stereocenters. The van der Waals surface area contributed by atoms with Crippen LogP contribution in [0.15, 0.2) is 75.9 Å². The molecule has 3 aromatic heterocycles. The fourth-order valence-electron chi connectivity index (χ4n) is 3.23. The van der Waals surface area contributed by atoms with E-state index in [1.165, 1.54) is 6.26 Å². The van der Waals surface area contributed by atoms with Gasteiger partial charge in [-0.25, -0.2) is 4.98 Å². The van der Waals surface area contributed by atoms with Crippen molar-refractivity contribution in [1.82, 2.24) is 4.98 Å². The van der Waals surface area contributed by atoms with Crippen LogP contribution < -0.4 is 10.6 Å². The molecule has 0 bridgehead atoms. The van der Waals surface area contributed by atoms with Gasteiger partial charge in [0.05, 0.1) is 12.3 Å². The first kappa shape index (κ1) is 20.4. The summed E-state index contributed by atoms with van der Waals surface area (Å²) in [5.74, 6) is 0.773. The molecule has 7 heteroatoms. The predicted octanol–water partition coefficient (Wildman–Crippen LogP) is 6.57. The van der Waals surface area contributed by atoms with Gasteiger partial charge in [-0.2, -0.15) is 0 Å². The zero-order valence-electron chi connectivity index (χ0n) is 16.5. The van der Waals surface area contributed by atoms with Gasteiger partial charge in [-0.15, -0.1) is 11.3 Å². The van der Waals surface area contributed by atoms with Crippen LogP contribution in [0.2, 0.25) is 0 Å². The summed E-state index contributed by atoms with van der Waals surface area (Å²) in [4.78, 5) is 18.3. The van der Waals surface area contributed by atoms with Crippen LogP contribution in [0.5, 0.6) is 0 Å². The number of pyridine rings is 1. The molecule has 4 rings (SSSR count). The van der Waals surface area contributed by atoms with Crippen LogP contribution >= 0.6 is 27.3 Å². The van der Waals surface area contributed by atoms with E-state index in [0.29, 0.717) is 0 Å². The largest absolute Gasteiger partial charge is 0.459 e. The first-order valence-electron chi connectivity index (χ1n) is 9.40. The Morgan fingerprint density at radius 2 is 1.90 bits per heavy atom. The zero-order chi connectivity index (χ0) is 21.1. The minimum absolute atomic E-state index is 0.190. The number of hydrogen-bond acceptors (Lipinski definition) is 5. The van der Waals surface area contributed by atoms with E-state index < -0.39 is 0 Å². The summed E-state index contributed by atoms with van der Waals surface area (Å²) in [5, 5.41) is 7.37. The number of halogens is 1. The third-order valence-corrected chi connectivity index (χ3v) is 6.52. The average Bonchev–Trinajstić information content (AvgIpc) is 3.37. The van der Waals surface area contributed by atoms with E-state index in [1.807, 2.05) is 30.3 Å². The van der Waals surface area contributed by atoms with Crippen molar-refractivity contribution in [2.45, 2.75) is 19.9 Å². The Labute approximate surface area is 187 Å². The number of nitrogens with one attached hydrogen (secondary N) is 2. The number of carbonyl (C=O) groups excluding carboxylic acids is 1. The van der Waals surface area contributed by atoms with Crippen molar-refractivity contribution < 1.29 is 9.21 Å². The van der Waals surface area contributed by atoms with E-state index in [-0.39, 0.29) is 17.7 Å². The van der Waals surface area contributed by atoms with Gasteiger partial charge in [0.25, 0.3) is 5.91 Å². The molecule has 1 atom stereocenters. The second-order valence-corrected chi connectivity index (χ2v) is 8.94. The van der Waals surface area contributed by atoms with Crippen molar-refractivity contribution in [2.24, 2.45) is 0 Å².